The van der Waals surface area contributed by atoms with Crippen molar-refractivity contribution in [3.05, 3.63) is 84.3 Å². The highest BCUT2D eigenvalue weighted by molar-refractivity contribution is 5.74. The number of para-hydroxylation sites is 2. The fraction of sp³-hybridized carbons (Fsp3) is 0.333. The van der Waals surface area contributed by atoms with E-state index in [-0.39, 0.29) is 17.9 Å². The van der Waals surface area contributed by atoms with Crippen LogP contribution in [0, 0.1) is 11.2 Å². The molecule has 1 saturated heterocycles. The van der Waals surface area contributed by atoms with Crippen LogP contribution in [0.1, 0.15) is 39.2 Å². The van der Waals surface area contributed by atoms with Gasteiger partial charge in [0.2, 0.25) is 5.95 Å². The Bertz CT molecular complexity index is 1580. The average molecular weight is 586 g/mol. The monoisotopic (exact) mass is 585 g/mol. The molecule has 10 heteroatoms. The molecule has 0 amide bonds. The first-order chi connectivity index (χ1) is 20.7. The lowest BCUT2D eigenvalue weighted by Crippen LogP contribution is -2.42. The van der Waals surface area contributed by atoms with Crippen molar-refractivity contribution >= 4 is 23.6 Å². The molecule has 9 nitrogen and oxygen atoms in total. The van der Waals surface area contributed by atoms with E-state index in [0.29, 0.717) is 49.1 Å². The van der Waals surface area contributed by atoms with E-state index in [1.165, 1.54) is 0 Å². The zero-order valence-corrected chi connectivity index (χ0v) is 24.6. The van der Waals surface area contributed by atoms with Crippen LogP contribution in [0.5, 0.6) is 11.5 Å². The van der Waals surface area contributed by atoms with Crippen LogP contribution in [0.15, 0.2) is 72.9 Å². The minimum Gasteiger partial charge on any atom is -0.490 e. The van der Waals surface area contributed by atoms with Gasteiger partial charge < -0.3 is 24.8 Å². The first-order valence-electron chi connectivity index (χ1n) is 14.4. The van der Waals surface area contributed by atoms with Crippen LogP contribution in [-0.4, -0.2) is 51.8 Å². The number of carbonyl (C=O) groups is 1. The van der Waals surface area contributed by atoms with Crippen molar-refractivity contribution in [3.63, 3.8) is 0 Å². The minimum atomic E-state index is -0.887. The topological polar surface area (TPSA) is 110 Å². The Balaban J connectivity index is 1.30. The second-order valence-corrected chi connectivity index (χ2v) is 11.2. The standard InChI is InChI=1S/C33H36FN5O4/c1-4-42-27-14-5-6-15-28(27)43-24-12-9-17-39(21-24)30-25(34)20-35-32(38-30)37-29-16-8-13-26(36-29)23-11-7-10-22(18-23)19-33(2,3)31(40)41/h5-8,10-11,13-16,18,20,24H,4,9,12,17,19,21H2,1-3H3,(H,40,41)(H,35,36,37,38). The number of hydrogen-bond donors (Lipinski definition) is 2. The number of anilines is 3. The molecule has 1 aliphatic heterocycles. The zero-order valence-electron chi connectivity index (χ0n) is 24.6. The molecule has 224 valence electrons. The summed E-state index contributed by atoms with van der Waals surface area (Å²) in [7, 11) is 0. The molecular formula is C33H36FN5O4. The van der Waals surface area contributed by atoms with Crippen molar-refractivity contribution in [2.45, 2.75) is 46.1 Å². The summed E-state index contributed by atoms with van der Waals surface area (Å²) in [6, 6.07) is 20.8. The summed E-state index contributed by atoms with van der Waals surface area (Å²) in [6.45, 7) is 6.99. The quantitative estimate of drug-likeness (QED) is 0.203. The van der Waals surface area contributed by atoms with Gasteiger partial charge in [0.1, 0.15) is 11.9 Å². The van der Waals surface area contributed by atoms with Gasteiger partial charge >= 0.3 is 5.97 Å². The van der Waals surface area contributed by atoms with Crippen LogP contribution in [0.4, 0.5) is 22.0 Å². The molecule has 3 heterocycles. The summed E-state index contributed by atoms with van der Waals surface area (Å²) < 4.78 is 27.0. The van der Waals surface area contributed by atoms with E-state index < -0.39 is 17.2 Å². The number of halogens is 1. The molecule has 43 heavy (non-hydrogen) atoms. The molecule has 2 aromatic heterocycles. The highest BCUT2D eigenvalue weighted by Crippen LogP contribution is 2.31. The minimum absolute atomic E-state index is 0.156. The number of piperidine rings is 1. The number of hydrogen-bond acceptors (Lipinski definition) is 8. The molecule has 1 unspecified atom stereocenters. The van der Waals surface area contributed by atoms with Crippen LogP contribution in [-0.2, 0) is 11.2 Å². The number of pyridine rings is 1. The summed E-state index contributed by atoms with van der Waals surface area (Å²) in [5.74, 6) is 0.926. The first-order valence-corrected chi connectivity index (χ1v) is 14.4. The fourth-order valence-corrected chi connectivity index (χ4v) is 5.07. The van der Waals surface area contributed by atoms with Gasteiger partial charge in [-0.2, -0.15) is 4.98 Å². The first kappa shape index (κ1) is 29.8. The number of benzene rings is 2. The zero-order chi connectivity index (χ0) is 30.4. The molecular weight excluding hydrogens is 549 g/mol. The molecule has 1 aliphatic rings. The van der Waals surface area contributed by atoms with Gasteiger partial charge in [0.05, 0.1) is 30.5 Å². The average Bonchev–Trinajstić information content (AvgIpc) is 2.99. The van der Waals surface area contributed by atoms with Gasteiger partial charge in [-0.3, -0.25) is 4.79 Å². The molecule has 2 aromatic carbocycles. The Morgan fingerprint density at radius 2 is 1.88 bits per heavy atom. The largest absolute Gasteiger partial charge is 0.490 e. The highest BCUT2D eigenvalue weighted by Gasteiger charge is 2.28. The summed E-state index contributed by atoms with van der Waals surface area (Å²) in [4.78, 5) is 26.9. The predicted octanol–water partition coefficient (Wildman–Crippen LogP) is 6.52. The smallest absolute Gasteiger partial charge is 0.309 e. The molecule has 1 fully saturated rings. The van der Waals surface area contributed by atoms with E-state index in [1.807, 2.05) is 72.5 Å². The molecule has 1 atom stereocenters. The van der Waals surface area contributed by atoms with Crippen LogP contribution in [0.2, 0.25) is 0 Å². The van der Waals surface area contributed by atoms with E-state index in [4.69, 9.17) is 14.5 Å². The summed E-state index contributed by atoms with van der Waals surface area (Å²) >= 11 is 0. The number of carboxylic acid groups (broad SMARTS) is 1. The van der Waals surface area contributed by atoms with Crippen molar-refractivity contribution < 1.29 is 23.8 Å². The normalized spacial score (nSPS) is 15.2. The number of nitrogens with zero attached hydrogens (tertiary/aromatic N) is 4. The van der Waals surface area contributed by atoms with Crippen molar-refractivity contribution in [2.24, 2.45) is 5.41 Å². The molecule has 4 aromatic rings. The van der Waals surface area contributed by atoms with Crippen LogP contribution >= 0.6 is 0 Å². The van der Waals surface area contributed by atoms with Gasteiger partial charge in [0.15, 0.2) is 23.1 Å². The second kappa shape index (κ2) is 13.1. The van der Waals surface area contributed by atoms with Crippen molar-refractivity contribution in [1.29, 1.82) is 0 Å². The lowest BCUT2D eigenvalue weighted by Gasteiger charge is -2.34. The number of ether oxygens (including phenoxy) is 2. The van der Waals surface area contributed by atoms with Gasteiger partial charge in [0.25, 0.3) is 0 Å². The fourth-order valence-electron chi connectivity index (χ4n) is 5.07. The van der Waals surface area contributed by atoms with E-state index in [9.17, 15) is 14.3 Å². The molecule has 0 bridgehead atoms. The van der Waals surface area contributed by atoms with Crippen LogP contribution in [0.3, 0.4) is 0 Å². The third kappa shape index (κ3) is 7.38. The summed E-state index contributed by atoms with van der Waals surface area (Å²) in [6.07, 6.45) is 3.05. The third-order valence-corrected chi connectivity index (χ3v) is 7.28. The van der Waals surface area contributed by atoms with Gasteiger partial charge in [-0.15, -0.1) is 0 Å². The third-order valence-electron chi connectivity index (χ3n) is 7.28. The van der Waals surface area contributed by atoms with Gasteiger partial charge in [0, 0.05) is 12.1 Å². The lowest BCUT2D eigenvalue weighted by molar-refractivity contribution is -0.146. The van der Waals surface area contributed by atoms with Crippen LogP contribution < -0.4 is 19.7 Å². The van der Waals surface area contributed by atoms with Crippen molar-refractivity contribution in [2.75, 3.05) is 29.9 Å². The van der Waals surface area contributed by atoms with E-state index >= 15 is 0 Å². The van der Waals surface area contributed by atoms with Crippen molar-refractivity contribution in [1.82, 2.24) is 15.0 Å². The van der Waals surface area contributed by atoms with Crippen molar-refractivity contribution in [3.8, 4) is 22.8 Å². The predicted molar refractivity (Wildman–Crippen MR) is 164 cm³/mol. The molecule has 0 aliphatic carbocycles. The summed E-state index contributed by atoms with van der Waals surface area (Å²) in [5.41, 5.74) is 1.57. The Kier molecular flexibility index (Phi) is 9.04. The molecule has 5 rings (SSSR count). The van der Waals surface area contributed by atoms with Gasteiger partial charge in [-0.1, -0.05) is 36.4 Å². The number of aromatic nitrogens is 3. The Labute approximate surface area is 250 Å². The maximum Gasteiger partial charge on any atom is 0.309 e. The molecule has 2 N–H and O–H groups in total. The molecule has 0 radical (unpaired) electrons. The maximum atomic E-state index is 15.0. The Hall–Kier alpha value is -4.73. The SMILES string of the molecule is CCOc1ccccc1OC1CCCN(c2nc(Nc3cccc(-c4cccc(CC(C)(C)C(=O)O)c4)n3)ncc2F)C1. The Morgan fingerprint density at radius 3 is 2.67 bits per heavy atom. The molecule has 0 spiro atoms. The summed E-state index contributed by atoms with van der Waals surface area (Å²) in [5, 5.41) is 12.6. The second-order valence-electron chi connectivity index (χ2n) is 11.2. The Morgan fingerprint density at radius 1 is 1.09 bits per heavy atom. The van der Waals surface area contributed by atoms with Gasteiger partial charge in [-0.05, 0) is 75.9 Å². The number of nitrogens with one attached hydrogen (secondary N) is 1. The lowest BCUT2D eigenvalue weighted by atomic mass is 9.85. The van der Waals surface area contributed by atoms with Crippen LogP contribution in [0.25, 0.3) is 11.3 Å². The van der Waals surface area contributed by atoms with E-state index in [1.54, 1.807) is 19.9 Å². The van der Waals surface area contributed by atoms with E-state index in [2.05, 4.69) is 15.3 Å². The number of carboxylic acids is 1. The maximum absolute atomic E-state index is 15.0. The number of aliphatic carboxylic acids is 1. The van der Waals surface area contributed by atoms with E-state index in [0.717, 1.165) is 30.2 Å². The molecule has 0 saturated carbocycles. The highest BCUT2D eigenvalue weighted by atomic mass is 19.1. The number of rotatable bonds is 11. The van der Waals surface area contributed by atoms with Gasteiger partial charge in [-0.25, -0.2) is 14.4 Å².